The first-order valence-corrected chi connectivity index (χ1v) is 6.20. The van der Waals surface area contributed by atoms with Gasteiger partial charge in [-0.15, -0.1) is 0 Å². The molecular weight excluding hydrogens is 244 g/mol. The lowest BCUT2D eigenvalue weighted by Gasteiger charge is -2.24. The van der Waals surface area contributed by atoms with Gasteiger partial charge in [-0.2, -0.15) is 4.98 Å². The highest BCUT2D eigenvalue weighted by atomic mass is 16.4. The van der Waals surface area contributed by atoms with Crippen LogP contribution in [0.3, 0.4) is 0 Å². The minimum Gasteiger partial charge on any atom is -0.423 e. The summed E-state index contributed by atoms with van der Waals surface area (Å²) in [5.41, 5.74) is 7.08. The number of hydrogen-bond acceptors (Lipinski definition) is 5. The van der Waals surface area contributed by atoms with Gasteiger partial charge in [0, 0.05) is 19.0 Å². The van der Waals surface area contributed by atoms with E-state index in [1.54, 1.807) is 0 Å². The van der Waals surface area contributed by atoms with E-state index in [2.05, 4.69) is 10.1 Å². The van der Waals surface area contributed by atoms with Crippen molar-refractivity contribution in [2.24, 2.45) is 10.9 Å². The van der Waals surface area contributed by atoms with Crippen molar-refractivity contribution < 1.29 is 9.62 Å². The fourth-order valence-corrected chi connectivity index (χ4v) is 1.84. The van der Waals surface area contributed by atoms with E-state index in [4.69, 9.17) is 15.4 Å². The SMILES string of the molecule is CC(C)N(CC/C(N)=N/O)c1nc2ccccc2o1. The van der Waals surface area contributed by atoms with Crippen molar-refractivity contribution in [2.45, 2.75) is 26.3 Å². The monoisotopic (exact) mass is 262 g/mol. The molecule has 0 aliphatic rings. The highest BCUT2D eigenvalue weighted by Gasteiger charge is 2.17. The van der Waals surface area contributed by atoms with Crippen molar-refractivity contribution >= 4 is 22.9 Å². The van der Waals surface area contributed by atoms with Gasteiger partial charge in [0.2, 0.25) is 0 Å². The van der Waals surface area contributed by atoms with Gasteiger partial charge in [-0.1, -0.05) is 17.3 Å². The third kappa shape index (κ3) is 2.96. The van der Waals surface area contributed by atoms with Gasteiger partial charge in [0.25, 0.3) is 6.01 Å². The van der Waals surface area contributed by atoms with Crippen molar-refractivity contribution in [1.82, 2.24) is 4.98 Å². The number of aromatic nitrogens is 1. The topological polar surface area (TPSA) is 87.9 Å². The summed E-state index contributed by atoms with van der Waals surface area (Å²) in [7, 11) is 0. The lowest BCUT2D eigenvalue weighted by Crippen LogP contribution is -2.34. The van der Waals surface area contributed by atoms with E-state index in [1.807, 2.05) is 43.0 Å². The minimum atomic E-state index is 0.196. The Morgan fingerprint density at radius 1 is 1.47 bits per heavy atom. The normalized spacial score (nSPS) is 12.3. The van der Waals surface area contributed by atoms with E-state index < -0.39 is 0 Å². The molecule has 0 saturated carbocycles. The van der Waals surface area contributed by atoms with Crippen LogP contribution < -0.4 is 10.6 Å². The van der Waals surface area contributed by atoms with Gasteiger partial charge in [0.1, 0.15) is 11.4 Å². The number of amidine groups is 1. The summed E-state index contributed by atoms with van der Waals surface area (Å²) in [5.74, 6) is 0.196. The molecule has 0 saturated heterocycles. The summed E-state index contributed by atoms with van der Waals surface area (Å²) in [4.78, 5) is 6.44. The molecule has 0 amide bonds. The molecule has 0 aliphatic carbocycles. The van der Waals surface area contributed by atoms with Crippen LogP contribution in [0, 0.1) is 0 Å². The number of anilines is 1. The largest absolute Gasteiger partial charge is 0.423 e. The highest BCUT2D eigenvalue weighted by molar-refractivity contribution is 5.80. The first kappa shape index (κ1) is 13.2. The lowest BCUT2D eigenvalue weighted by atomic mass is 10.3. The Morgan fingerprint density at radius 2 is 2.21 bits per heavy atom. The maximum Gasteiger partial charge on any atom is 0.298 e. The number of nitrogens with two attached hydrogens (primary N) is 1. The predicted octanol–water partition coefficient (Wildman–Crippen LogP) is 2.18. The van der Waals surface area contributed by atoms with Crippen LogP contribution in [0.2, 0.25) is 0 Å². The Morgan fingerprint density at radius 3 is 2.84 bits per heavy atom. The number of hydrogen-bond donors (Lipinski definition) is 2. The number of fused-ring (bicyclic) bond motifs is 1. The molecule has 3 N–H and O–H groups in total. The van der Waals surface area contributed by atoms with E-state index in [9.17, 15) is 0 Å². The van der Waals surface area contributed by atoms with Crippen molar-refractivity contribution in [3.8, 4) is 0 Å². The third-order valence-corrected chi connectivity index (χ3v) is 2.89. The molecule has 0 aliphatic heterocycles. The van der Waals surface area contributed by atoms with Crippen LogP contribution in [-0.2, 0) is 0 Å². The van der Waals surface area contributed by atoms with Crippen molar-refractivity contribution in [1.29, 1.82) is 0 Å². The van der Waals surface area contributed by atoms with Crippen LogP contribution in [0.25, 0.3) is 11.1 Å². The van der Waals surface area contributed by atoms with E-state index in [1.165, 1.54) is 0 Å². The maximum absolute atomic E-state index is 8.58. The average Bonchev–Trinajstić information content (AvgIpc) is 2.81. The lowest BCUT2D eigenvalue weighted by molar-refractivity contribution is 0.316. The standard InChI is InChI=1S/C13H18N4O2/c1-9(2)17(8-7-12(14)16-18)13-15-10-5-3-4-6-11(10)19-13/h3-6,9,18H,7-8H2,1-2H3,(H2,14,16). The molecule has 102 valence electrons. The quantitative estimate of drug-likeness (QED) is 0.373. The van der Waals surface area contributed by atoms with Crippen LogP contribution >= 0.6 is 0 Å². The van der Waals surface area contributed by atoms with E-state index >= 15 is 0 Å². The van der Waals surface area contributed by atoms with Crippen molar-refractivity contribution in [3.05, 3.63) is 24.3 Å². The Balaban J connectivity index is 2.23. The Hall–Kier alpha value is -2.24. The van der Waals surface area contributed by atoms with E-state index in [-0.39, 0.29) is 11.9 Å². The molecule has 0 unspecified atom stereocenters. The van der Waals surface area contributed by atoms with Crippen molar-refractivity contribution in [3.63, 3.8) is 0 Å². The van der Waals surface area contributed by atoms with Crippen LogP contribution in [-0.4, -0.2) is 28.6 Å². The molecule has 0 atom stereocenters. The number of benzene rings is 1. The summed E-state index contributed by atoms with van der Waals surface area (Å²) in [6.45, 7) is 4.67. The molecule has 2 rings (SSSR count). The average molecular weight is 262 g/mol. The van der Waals surface area contributed by atoms with Gasteiger partial charge in [-0.05, 0) is 26.0 Å². The van der Waals surface area contributed by atoms with Gasteiger partial charge < -0.3 is 20.3 Å². The number of oxime groups is 1. The fourth-order valence-electron chi connectivity index (χ4n) is 1.84. The second kappa shape index (κ2) is 5.60. The molecule has 6 nitrogen and oxygen atoms in total. The highest BCUT2D eigenvalue weighted by Crippen LogP contribution is 2.23. The number of rotatable bonds is 5. The van der Waals surface area contributed by atoms with Crippen molar-refractivity contribution in [2.75, 3.05) is 11.4 Å². The number of oxazole rings is 1. The van der Waals surface area contributed by atoms with Gasteiger partial charge in [0.15, 0.2) is 5.58 Å². The summed E-state index contributed by atoms with van der Waals surface area (Å²) in [6.07, 6.45) is 0.452. The third-order valence-electron chi connectivity index (χ3n) is 2.89. The van der Waals surface area contributed by atoms with Crippen LogP contribution in [0.15, 0.2) is 33.8 Å². The number of para-hydroxylation sites is 2. The van der Waals surface area contributed by atoms with Gasteiger partial charge in [-0.25, -0.2) is 0 Å². The zero-order valence-corrected chi connectivity index (χ0v) is 11.1. The molecule has 1 aromatic heterocycles. The summed E-state index contributed by atoms with van der Waals surface area (Å²) < 4.78 is 5.73. The smallest absolute Gasteiger partial charge is 0.298 e. The van der Waals surface area contributed by atoms with Crippen LogP contribution in [0.4, 0.5) is 6.01 Å². The molecular formula is C13H18N4O2. The Labute approximate surface area is 111 Å². The maximum atomic E-state index is 8.58. The molecule has 0 bridgehead atoms. The minimum absolute atomic E-state index is 0.196. The molecule has 0 radical (unpaired) electrons. The molecule has 0 fully saturated rings. The zero-order valence-electron chi connectivity index (χ0n) is 11.1. The molecule has 1 aromatic carbocycles. The van der Waals surface area contributed by atoms with Gasteiger partial charge >= 0.3 is 0 Å². The number of nitrogens with zero attached hydrogens (tertiary/aromatic N) is 3. The van der Waals surface area contributed by atoms with Gasteiger partial charge in [-0.3, -0.25) is 0 Å². The zero-order chi connectivity index (χ0) is 13.8. The first-order chi connectivity index (χ1) is 9.11. The predicted molar refractivity (Wildman–Crippen MR) is 74.5 cm³/mol. The molecule has 19 heavy (non-hydrogen) atoms. The Bertz CT molecular complexity index is 544. The molecule has 6 heteroatoms. The summed E-state index contributed by atoms with van der Waals surface area (Å²) in [6, 6.07) is 8.39. The first-order valence-electron chi connectivity index (χ1n) is 6.20. The summed E-state index contributed by atoms with van der Waals surface area (Å²) >= 11 is 0. The molecule has 0 spiro atoms. The van der Waals surface area contributed by atoms with E-state index in [0.717, 1.165) is 11.1 Å². The molecule has 2 aromatic rings. The summed E-state index contributed by atoms with van der Waals surface area (Å²) in [5, 5.41) is 11.5. The second-order valence-electron chi connectivity index (χ2n) is 4.59. The van der Waals surface area contributed by atoms with Crippen LogP contribution in [0.5, 0.6) is 0 Å². The fraction of sp³-hybridized carbons (Fsp3) is 0.385. The van der Waals surface area contributed by atoms with Crippen LogP contribution in [0.1, 0.15) is 20.3 Å². The van der Waals surface area contributed by atoms with Gasteiger partial charge in [0.05, 0.1) is 0 Å². The Kier molecular flexibility index (Phi) is 3.89. The second-order valence-corrected chi connectivity index (χ2v) is 4.59. The molecule has 1 heterocycles. The van der Waals surface area contributed by atoms with E-state index in [0.29, 0.717) is 19.0 Å².